The minimum Gasteiger partial charge on any atom is -0.497 e. The number of likely N-dealkylation sites (tertiary alicyclic amines) is 1. The SMILES string of the molecule is COc1ccc(-c2cnc(N(C)C)nc2[C@@H]2CCN(C(=O)CCc3ccc(F)cc3)C2)cc1. The number of benzene rings is 2. The van der Waals surface area contributed by atoms with Crippen LogP contribution in [0.2, 0.25) is 0 Å². The molecule has 33 heavy (non-hydrogen) atoms. The number of halogens is 1. The number of hydrogen-bond acceptors (Lipinski definition) is 5. The van der Waals surface area contributed by atoms with Crippen molar-refractivity contribution in [2.24, 2.45) is 0 Å². The molecule has 1 atom stereocenters. The minimum atomic E-state index is -0.262. The normalized spacial score (nSPS) is 15.5. The van der Waals surface area contributed by atoms with Gasteiger partial charge in [0.05, 0.1) is 12.8 Å². The van der Waals surface area contributed by atoms with Crippen LogP contribution in [-0.2, 0) is 11.2 Å². The van der Waals surface area contributed by atoms with Gasteiger partial charge in [-0.05, 0) is 48.2 Å². The summed E-state index contributed by atoms with van der Waals surface area (Å²) in [5.74, 6) is 1.45. The quantitative estimate of drug-likeness (QED) is 0.539. The summed E-state index contributed by atoms with van der Waals surface area (Å²) in [7, 11) is 5.49. The predicted molar refractivity (Wildman–Crippen MR) is 127 cm³/mol. The lowest BCUT2D eigenvalue weighted by molar-refractivity contribution is -0.130. The number of carbonyl (C=O) groups is 1. The standard InChI is InChI=1S/C26H29FN4O2/c1-30(2)26-28-16-23(19-7-11-22(33-3)12-8-19)25(29-26)20-14-15-31(17-20)24(32)13-6-18-4-9-21(27)10-5-18/h4-5,7-12,16,20H,6,13-15,17H2,1-3H3/t20-/m1/s1. The first-order valence-corrected chi connectivity index (χ1v) is 11.2. The van der Waals surface area contributed by atoms with Gasteiger partial charge in [0.2, 0.25) is 11.9 Å². The van der Waals surface area contributed by atoms with E-state index in [0.29, 0.717) is 31.9 Å². The van der Waals surface area contributed by atoms with Crippen molar-refractivity contribution in [2.75, 3.05) is 39.2 Å². The Bertz CT molecular complexity index is 1100. The fourth-order valence-electron chi connectivity index (χ4n) is 4.18. The van der Waals surface area contributed by atoms with E-state index in [-0.39, 0.29) is 17.6 Å². The molecule has 1 amide bonds. The Kier molecular flexibility index (Phi) is 6.87. The predicted octanol–water partition coefficient (Wildman–Crippen LogP) is 4.31. The first-order chi connectivity index (χ1) is 15.9. The number of methoxy groups -OCH3 is 1. The molecule has 0 radical (unpaired) electrons. The van der Waals surface area contributed by atoms with Crippen LogP contribution < -0.4 is 9.64 Å². The van der Waals surface area contributed by atoms with E-state index in [0.717, 1.165) is 34.6 Å². The van der Waals surface area contributed by atoms with Crippen LogP contribution in [0.15, 0.2) is 54.7 Å². The summed E-state index contributed by atoms with van der Waals surface area (Å²) >= 11 is 0. The zero-order valence-electron chi connectivity index (χ0n) is 19.3. The summed E-state index contributed by atoms with van der Waals surface area (Å²) < 4.78 is 18.4. The zero-order valence-corrected chi connectivity index (χ0v) is 19.3. The van der Waals surface area contributed by atoms with E-state index in [1.54, 1.807) is 19.2 Å². The van der Waals surface area contributed by atoms with Gasteiger partial charge in [-0.3, -0.25) is 4.79 Å². The van der Waals surface area contributed by atoms with Crippen LogP contribution in [0.1, 0.15) is 30.0 Å². The van der Waals surface area contributed by atoms with Crippen LogP contribution in [0.25, 0.3) is 11.1 Å². The Balaban J connectivity index is 1.51. The van der Waals surface area contributed by atoms with E-state index in [2.05, 4.69) is 4.98 Å². The van der Waals surface area contributed by atoms with Crippen molar-refractivity contribution in [1.29, 1.82) is 0 Å². The molecule has 1 saturated heterocycles. The monoisotopic (exact) mass is 448 g/mol. The highest BCUT2D eigenvalue weighted by Gasteiger charge is 2.30. The van der Waals surface area contributed by atoms with Crippen molar-refractivity contribution in [1.82, 2.24) is 14.9 Å². The molecule has 0 saturated carbocycles. The maximum atomic E-state index is 13.1. The minimum absolute atomic E-state index is 0.120. The van der Waals surface area contributed by atoms with E-state index in [1.165, 1.54) is 12.1 Å². The molecular weight excluding hydrogens is 419 g/mol. The van der Waals surface area contributed by atoms with E-state index < -0.39 is 0 Å². The van der Waals surface area contributed by atoms with Crippen LogP contribution in [-0.4, -0.2) is 55.1 Å². The second-order valence-corrected chi connectivity index (χ2v) is 8.54. The van der Waals surface area contributed by atoms with Gasteiger partial charge < -0.3 is 14.5 Å². The fraction of sp³-hybridized carbons (Fsp3) is 0.346. The lowest BCUT2D eigenvalue weighted by atomic mass is 9.96. The molecule has 3 aromatic rings. The molecule has 2 heterocycles. The Morgan fingerprint density at radius 3 is 2.55 bits per heavy atom. The average Bonchev–Trinajstić information content (AvgIpc) is 3.33. The van der Waals surface area contributed by atoms with Crippen molar-refractivity contribution >= 4 is 11.9 Å². The largest absolute Gasteiger partial charge is 0.497 e. The van der Waals surface area contributed by atoms with Crippen LogP contribution in [0, 0.1) is 5.82 Å². The van der Waals surface area contributed by atoms with Gasteiger partial charge in [0.15, 0.2) is 0 Å². The molecular formula is C26H29FN4O2. The van der Waals surface area contributed by atoms with Gasteiger partial charge >= 0.3 is 0 Å². The summed E-state index contributed by atoms with van der Waals surface area (Å²) in [6.45, 7) is 1.34. The number of hydrogen-bond donors (Lipinski definition) is 0. The van der Waals surface area contributed by atoms with Gasteiger partial charge in [0.1, 0.15) is 11.6 Å². The van der Waals surface area contributed by atoms with Crippen molar-refractivity contribution in [3.05, 3.63) is 71.8 Å². The van der Waals surface area contributed by atoms with Gasteiger partial charge in [-0.15, -0.1) is 0 Å². The molecule has 4 rings (SSSR count). The molecule has 172 valence electrons. The summed E-state index contributed by atoms with van der Waals surface area (Å²) in [5.41, 5.74) is 3.94. The number of aryl methyl sites for hydroxylation is 1. The van der Waals surface area contributed by atoms with Crippen molar-refractivity contribution in [2.45, 2.75) is 25.2 Å². The second kappa shape index (κ2) is 9.98. The lowest BCUT2D eigenvalue weighted by Crippen LogP contribution is -2.28. The van der Waals surface area contributed by atoms with E-state index in [1.807, 2.05) is 54.4 Å². The number of rotatable bonds is 7. The van der Waals surface area contributed by atoms with Gasteiger partial charge in [-0.25, -0.2) is 14.4 Å². The third-order valence-corrected chi connectivity index (χ3v) is 6.08. The maximum Gasteiger partial charge on any atom is 0.225 e. The number of amides is 1. The molecule has 1 aromatic heterocycles. The Labute approximate surface area is 194 Å². The van der Waals surface area contributed by atoms with Crippen LogP contribution in [0.4, 0.5) is 10.3 Å². The maximum absolute atomic E-state index is 13.1. The molecule has 0 spiro atoms. The molecule has 1 aliphatic heterocycles. The zero-order chi connectivity index (χ0) is 23.4. The van der Waals surface area contributed by atoms with E-state index in [9.17, 15) is 9.18 Å². The molecule has 1 aliphatic rings. The average molecular weight is 449 g/mol. The molecule has 0 N–H and O–H groups in total. The molecule has 6 nitrogen and oxygen atoms in total. The molecule has 0 unspecified atom stereocenters. The highest BCUT2D eigenvalue weighted by atomic mass is 19.1. The van der Waals surface area contributed by atoms with Gasteiger partial charge in [0.25, 0.3) is 0 Å². The summed E-state index contributed by atoms with van der Waals surface area (Å²) in [6, 6.07) is 14.2. The van der Waals surface area contributed by atoms with Crippen molar-refractivity contribution in [3.8, 4) is 16.9 Å². The van der Waals surface area contributed by atoms with Gasteiger partial charge in [-0.2, -0.15) is 0 Å². The Hall–Kier alpha value is -3.48. The molecule has 1 fully saturated rings. The Morgan fingerprint density at radius 2 is 1.88 bits per heavy atom. The molecule has 2 aromatic carbocycles. The van der Waals surface area contributed by atoms with Crippen LogP contribution in [0.5, 0.6) is 5.75 Å². The molecule has 7 heteroatoms. The summed E-state index contributed by atoms with van der Waals surface area (Å²) in [5, 5.41) is 0. The highest BCUT2D eigenvalue weighted by molar-refractivity contribution is 5.77. The first-order valence-electron chi connectivity index (χ1n) is 11.2. The van der Waals surface area contributed by atoms with Crippen LogP contribution in [0.3, 0.4) is 0 Å². The van der Waals surface area contributed by atoms with Gasteiger partial charge in [-0.1, -0.05) is 24.3 Å². The number of aromatic nitrogens is 2. The van der Waals surface area contributed by atoms with Crippen LogP contribution >= 0.6 is 0 Å². The molecule has 0 aliphatic carbocycles. The highest BCUT2D eigenvalue weighted by Crippen LogP contribution is 2.35. The fourth-order valence-corrected chi connectivity index (χ4v) is 4.18. The number of ether oxygens (including phenoxy) is 1. The van der Waals surface area contributed by atoms with E-state index >= 15 is 0 Å². The Morgan fingerprint density at radius 1 is 1.15 bits per heavy atom. The first kappa shape index (κ1) is 22.7. The number of nitrogens with zero attached hydrogens (tertiary/aromatic N) is 4. The van der Waals surface area contributed by atoms with Crippen molar-refractivity contribution < 1.29 is 13.9 Å². The second-order valence-electron chi connectivity index (χ2n) is 8.54. The smallest absolute Gasteiger partial charge is 0.225 e. The summed E-state index contributed by atoms with van der Waals surface area (Å²) in [4.78, 5) is 26.1. The molecule has 0 bridgehead atoms. The van der Waals surface area contributed by atoms with E-state index in [4.69, 9.17) is 9.72 Å². The van der Waals surface area contributed by atoms with Gasteiger partial charge in [0, 0.05) is 51.3 Å². The summed E-state index contributed by atoms with van der Waals surface area (Å²) in [6.07, 6.45) is 3.75. The third kappa shape index (κ3) is 5.30. The lowest BCUT2D eigenvalue weighted by Gasteiger charge is -2.20. The number of anilines is 1. The number of carbonyl (C=O) groups excluding carboxylic acids is 1. The third-order valence-electron chi connectivity index (χ3n) is 6.08. The topological polar surface area (TPSA) is 58.6 Å². The van der Waals surface area contributed by atoms with Crippen molar-refractivity contribution in [3.63, 3.8) is 0 Å².